The summed E-state index contributed by atoms with van der Waals surface area (Å²) < 4.78 is 52.0. The molecule has 0 fully saturated rings. The number of benzene rings is 1. The largest absolute Gasteiger partial charge is 0.345 e. The Morgan fingerprint density at radius 2 is 1.95 bits per heavy atom. The second kappa shape index (κ2) is 9.39. The third kappa shape index (κ3) is 4.62. The van der Waals surface area contributed by atoms with Gasteiger partial charge in [-0.3, -0.25) is 9.48 Å². The Morgan fingerprint density at radius 1 is 1.16 bits per heavy atom. The van der Waals surface area contributed by atoms with Crippen molar-refractivity contribution in [2.75, 3.05) is 0 Å². The molecule has 10 nitrogen and oxygen atoms in total. The zero-order valence-corrected chi connectivity index (χ0v) is 20.9. The Kier molecular flexibility index (Phi) is 6.21. The predicted molar refractivity (Wildman–Crippen MR) is 130 cm³/mol. The maximum Gasteiger partial charge on any atom is 0.292 e. The monoisotopic (exact) mass is 524 g/mol. The third-order valence-electron chi connectivity index (χ3n) is 5.90. The van der Waals surface area contributed by atoms with Crippen LogP contribution in [0.5, 0.6) is 0 Å². The fraction of sp³-hybridized carbons (Fsp3) is 0.280. The SMILES string of the molecule is Cn1cc(-c2cc3c(-c4ccc(CNC(=O)c5noc(C(C)(C)C)n5)c(C(F)F)c4F)ncnn3c2)cn1. The van der Waals surface area contributed by atoms with Gasteiger partial charge in [0.2, 0.25) is 5.89 Å². The van der Waals surface area contributed by atoms with Crippen LogP contribution in [0.15, 0.2) is 47.6 Å². The quantitative estimate of drug-likeness (QED) is 0.348. The van der Waals surface area contributed by atoms with E-state index in [9.17, 15) is 13.6 Å². The lowest BCUT2D eigenvalue weighted by atomic mass is 9.97. The van der Waals surface area contributed by atoms with E-state index in [1.807, 2.05) is 20.8 Å². The molecule has 5 aromatic rings. The maximum absolute atomic E-state index is 15.6. The minimum absolute atomic E-state index is 0.0920. The van der Waals surface area contributed by atoms with E-state index in [-0.39, 0.29) is 35.1 Å². The molecule has 5 rings (SSSR count). The number of aryl methyl sites for hydroxylation is 1. The standard InChI is InChI=1S/C25H23F3N8O2/c1-25(2,3)24-33-22(34-38-24)23(37)29-8-13-5-6-16(19(26)18(13)21(27)28)20-17-7-14(11-36(17)32-12-30-20)15-9-31-35(4)10-15/h5-7,9-12,21H,8H2,1-4H3,(H,29,37). The zero-order valence-electron chi connectivity index (χ0n) is 20.9. The lowest BCUT2D eigenvalue weighted by molar-refractivity contribution is 0.0935. The van der Waals surface area contributed by atoms with Crippen molar-refractivity contribution in [1.29, 1.82) is 0 Å². The molecule has 1 amide bonds. The Bertz CT molecular complexity index is 1650. The first-order valence-electron chi connectivity index (χ1n) is 11.6. The molecule has 1 aromatic carbocycles. The van der Waals surface area contributed by atoms with E-state index in [1.165, 1.54) is 23.0 Å². The van der Waals surface area contributed by atoms with Gasteiger partial charge in [-0.15, -0.1) is 0 Å². The number of nitrogens with zero attached hydrogens (tertiary/aromatic N) is 7. The van der Waals surface area contributed by atoms with Gasteiger partial charge < -0.3 is 9.84 Å². The molecule has 4 heterocycles. The second-order valence-corrected chi connectivity index (χ2v) is 9.73. The number of halogens is 3. The second-order valence-electron chi connectivity index (χ2n) is 9.73. The lowest BCUT2D eigenvalue weighted by Crippen LogP contribution is -2.25. The molecule has 1 N–H and O–H groups in total. The Labute approximate surface area is 214 Å². The summed E-state index contributed by atoms with van der Waals surface area (Å²) in [6.07, 6.45) is 3.27. The first-order chi connectivity index (χ1) is 18.0. The van der Waals surface area contributed by atoms with Crippen molar-refractivity contribution in [3.63, 3.8) is 0 Å². The van der Waals surface area contributed by atoms with E-state index >= 15 is 4.39 Å². The van der Waals surface area contributed by atoms with E-state index in [1.54, 1.807) is 36.4 Å². The number of aromatic nitrogens is 7. The number of amides is 1. The van der Waals surface area contributed by atoms with Gasteiger partial charge in [-0.25, -0.2) is 22.7 Å². The maximum atomic E-state index is 15.6. The number of carbonyl (C=O) groups excluding carboxylic acids is 1. The molecule has 196 valence electrons. The summed E-state index contributed by atoms with van der Waals surface area (Å²) in [7, 11) is 1.78. The third-order valence-corrected chi connectivity index (χ3v) is 5.90. The number of nitrogens with one attached hydrogen (secondary N) is 1. The van der Waals surface area contributed by atoms with Gasteiger partial charge in [0, 0.05) is 48.1 Å². The Morgan fingerprint density at radius 3 is 2.61 bits per heavy atom. The van der Waals surface area contributed by atoms with Gasteiger partial charge in [0.05, 0.1) is 17.3 Å². The molecule has 0 aliphatic rings. The van der Waals surface area contributed by atoms with Gasteiger partial charge in [-0.05, 0) is 17.7 Å². The van der Waals surface area contributed by atoms with Crippen molar-refractivity contribution >= 4 is 11.4 Å². The van der Waals surface area contributed by atoms with Crippen LogP contribution in [0, 0.1) is 5.82 Å². The topological polar surface area (TPSA) is 116 Å². The van der Waals surface area contributed by atoms with Crippen molar-refractivity contribution in [3.05, 3.63) is 71.8 Å². The minimum atomic E-state index is -3.14. The molecule has 13 heteroatoms. The summed E-state index contributed by atoms with van der Waals surface area (Å²) >= 11 is 0. The highest BCUT2D eigenvalue weighted by Crippen LogP contribution is 2.35. The normalized spacial score (nSPS) is 12.0. The molecule has 4 aromatic heterocycles. The van der Waals surface area contributed by atoms with Crippen LogP contribution in [0.4, 0.5) is 13.2 Å². The molecule has 0 unspecified atom stereocenters. The van der Waals surface area contributed by atoms with Gasteiger partial charge in [-0.2, -0.15) is 15.2 Å². The summed E-state index contributed by atoms with van der Waals surface area (Å²) in [6.45, 7) is 5.13. The van der Waals surface area contributed by atoms with Gasteiger partial charge in [0.25, 0.3) is 18.2 Å². The fourth-order valence-electron chi connectivity index (χ4n) is 3.95. The number of alkyl halides is 2. The molecule has 0 saturated carbocycles. The summed E-state index contributed by atoms with van der Waals surface area (Å²) in [5, 5.41) is 14.4. The molecule has 0 saturated heterocycles. The van der Waals surface area contributed by atoms with Gasteiger partial charge >= 0.3 is 0 Å². The summed E-state index contributed by atoms with van der Waals surface area (Å²) in [5.74, 6) is -1.86. The highest BCUT2D eigenvalue weighted by atomic mass is 19.3. The van der Waals surface area contributed by atoms with E-state index in [0.29, 0.717) is 5.52 Å². The number of rotatable bonds is 6. The Hall–Kier alpha value is -4.55. The molecule has 0 bridgehead atoms. The smallest absolute Gasteiger partial charge is 0.292 e. The van der Waals surface area contributed by atoms with E-state index < -0.39 is 29.1 Å². The summed E-state index contributed by atoms with van der Waals surface area (Å²) in [4.78, 5) is 20.7. The van der Waals surface area contributed by atoms with Crippen LogP contribution in [0.2, 0.25) is 0 Å². The van der Waals surface area contributed by atoms with Crippen LogP contribution in [0.25, 0.3) is 27.9 Å². The number of hydrogen-bond donors (Lipinski definition) is 1. The average Bonchev–Trinajstić information content (AvgIpc) is 3.60. The molecule has 0 spiro atoms. The van der Waals surface area contributed by atoms with Crippen molar-refractivity contribution in [2.24, 2.45) is 7.05 Å². The van der Waals surface area contributed by atoms with Crippen LogP contribution >= 0.6 is 0 Å². The number of hydrogen-bond acceptors (Lipinski definition) is 7. The van der Waals surface area contributed by atoms with Crippen LogP contribution in [0.3, 0.4) is 0 Å². The predicted octanol–water partition coefficient (Wildman–Crippen LogP) is 4.48. The highest BCUT2D eigenvalue weighted by Gasteiger charge is 2.26. The van der Waals surface area contributed by atoms with Gasteiger partial charge in [0.15, 0.2) is 0 Å². The lowest BCUT2D eigenvalue weighted by Gasteiger charge is -2.14. The van der Waals surface area contributed by atoms with Crippen LogP contribution in [0.1, 0.15) is 54.8 Å². The van der Waals surface area contributed by atoms with Crippen LogP contribution < -0.4 is 5.32 Å². The Balaban J connectivity index is 1.46. The molecule has 38 heavy (non-hydrogen) atoms. The fourth-order valence-corrected chi connectivity index (χ4v) is 3.95. The molecule has 0 aliphatic heterocycles. The van der Waals surface area contributed by atoms with Crippen LogP contribution in [-0.2, 0) is 19.0 Å². The molecule has 0 atom stereocenters. The highest BCUT2D eigenvalue weighted by molar-refractivity contribution is 5.90. The first-order valence-corrected chi connectivity index (χ1v) is 11.6. The molecular weight excluding hydrogens is 501 g/mol. The van der Waals surface area contributed by atoms with Crippen molar-refractivity contribution in [3.8, 4) is 22.4 Å². The van der Waals surface area contributed by atoms with Crippen molar-refractivity contribution in [2.45, 2.75) is 39.2 Å². The van der Waals surface area contributed by atoms with Crippen LogP contribution in [-0.4, -0.2) is 40.4 Å². The number of carbonyl (C=O) groups is 1. The zero-order chi connectivity index (χ0) is 27.2. The molecule has 0 aliphatic carbocycles. The molecular formula is C25H23F3N8O2. The summed E-state index contributed by atoms with van der Waals surface area (Å²) in [6, 6.07) is 4.42. The van der Waals surface area contributed by atoms with Crippen molar-refractivity contribution in [1.82, 2.24) is 39.8 Å². The van der Waals surface area contributed by atoms with Gasteiger partial charge in [-0.1, -0.05) is 32.0 Å². The van der Waals surface area contributed by atoms with E-state index in [4.69, 9.17) is 4.52 Å². The van der Waals surface area contributed by atoms with E-state index in [0.717, 1.165) is 11.1 Å². The first kappa shape index (κ1) is 25.1. The number of fused-ring (bicyclic) bond motifs is 1. The summed E-state index contributed by atoms with van der Waals surface area (Å²) in [5.41, 5.74) is 0.618. The minimum Gasteiger partial charge on any atom is -0.345 e. The molecule has 0 radical (unpaired) electrons. The average molecular weight is 525 g/mol. The van der Waals surface area contributed by atoms with Gasteiger partial charge in [0.1, 0.15) is 17.8 Å². The van der Waals surface area contributed by atoms with Crippen molar-refractivity contribution < 1.29 is 22.5 Å². The van der Waals surface area contributed by atoms with E-state index in [2.05, 4.69) is 30.6 Å².